The van der Waals surface area contributed by atoms with Crippen molar-refractivity contribution < 1.29 is 13.6 Å². The first-order valence-electron chi connectivity index (χ1n) is 6.29. The molecule has 3 heteroatoms. The van der Waals surface area contributed by atoms with Crippen LogP contribution in [0.3, 0.4) is 0 Å². The van der Waals surface area contributed by atoms with E-state index in [1.807, 2.05) is 36.4 Å². The van der Waals surface area contributed by atoms with Crippen LogP contribution in [0.1, 0.15) is 19.1 Å². The average molecular weight is 254 g/mol. The van der Waals surface area contributed by atoms with Crippen molar-refractivity contribution in [3.63, 3.8) is 0 Å². The van der Waals surface area contributed by atoms with Gasteiger partial charge in [0.1, 0.15) is 22.9 Å². The van der Waals surface area contributed by atoms with E-state index in [1.54, 1.807) is 13.2 Å². The molecule has 0 aliphatic rings. The van der Waals surface area contributed by atoms with Gasteiger partial charge >= 0.3 is 0 Å². The van der Waals surface area contributed by atoms with Gasteiger partial charge in [-0.25, -0.2) is 0 Å². The normalized spacial score (nSPS) is 11.0. The molecule has 0 spiro atoms. The number of furan rings is 2. The van der Waals surface area contributed by atoms with E-state index in [9.17, 15) is 4.79 Å². The third-order valence-electron chi connectivity index (χ3n) is 3.14. The molecule has 96 valence electrons. The molecule has 0 bridgehead atoms. The van der Waals surface area contributed by atoms with Crippen LogP contribution in [0.5, 0.6) is 0 Å². The molecule has 0 unspecified atom stereocenters. The number of carbonyl (C=O) groups is 1. The second-order valence-corrected chi connectivity index (χ2v) is 4.58. The number of carbonyl (C=O) groups excluding carboxylic acids is 1. The maximum absolute atomic E-state index is 11.2. The lowest BCUT2D eigenvalue weighted by Gasteiger charge is -1.98. The molecule has 3 aromatic rings. The van der Waals surface area contributed by atoms with Crippen molar-refractivity contribution in [2.45, 2.75) is 19.8 Å². The summed E-state index contributed by atoms with van der Waals surface area (Å²) in [6, 6.07) is 11.6. The van der Waals surface area contributed by atoms with Crippen LogP contribution in [0, 0.1) is 0 Å². The van der Waals surface area contributed by atoms with E-state index in [2.05, 4.69) is 0 Å². The first kappa shape index (κ1) is 11.8. The summed E-state index contributed by atoms with van der Waals surface area (Å²) in [5.74, 6) is 1.75. The van der Waals surface area contributed by atoms with E-state index < -0.39 is 0 Å². The molecule has 0 saturated carbocycles. The van der Waals surface area contributed by atoms with E-state index in [4.69, 9.17) is 8.83 Å². The van der Waals surface area contributed by atoms with Crippen LogP contribution in [-0.4, -0.2) is 5.78 Å². The molecule has 19 heavy (non-hydrogen) atoms. The van der Waals surface area contributed by atoms with Crippen LogP contribution in [-0.2, 0) is 11.2 Å². The van der Waals surface area contributed by atoms with Crippen LogP contribution in [0.25, 0.3) is 22.3 Å². The highest BCUT2D eigenvalue weighted by atomic mass is 16.3. The van der Waals surface area contributed by atoms with Crippen molar-refractivity contribution in [1.82, 2.24) is 0 Å². The fourth-order valence-corrected chi connectivity index (χ4v) is 2.25. The Kier molecular flexibility index (Phi) is 2.95. The first-order valence-corrected chi connectivity index (χ1v) is 6.29. The molecule has 0 aliphatic carbocycles. The Hall–Kier alpha value is -2.29. The monoisotopic (exact) mass is 254 g/mol. The van der Waals surface area contributed by atoms with Gasteiger partial charge in [0.2, 0.25) is 0 Å². The molecule has 0 N–H and O–H groups in total. The van der Waals surface area contributed by atoms with Gasteiger partial charge in [-0.2, -0.15) is 0 Å². The van der Waals surface area contributed by atoms with Crippen LogP contribution >= 0.6 is 0 Å². The van der Waals surface area contributed by atoms with Gasteiger partial charge in [0.05, 0.1) is 11.8 Å². The Labute approximate surface area is 110 Å². The van der Waals surface area contributed by atoms with E-state index in [0.29, 0.717) is 12.8 Å². The maximum Gasteiger partial charge on any atom is 0.137 e. The minimum atomic E-state index is 0.158. The SMILES string of the molecule is CC(=O)CCc1oc2ccccc2c1-c1ccco1. The Balaban J connectivity index is 2.14. The summed E-state index contributed by atoms with van der Waals surface area (Å²) in [6.07, 6.45) is 2.72. The Morgan fingerprint density at radius 2 is 2.00 bits per heavy atom. The standard InChI is InChI=1S/C16H14O3/c1-11(17)8-9-15-16(14-7-4-10-18-14)12-5-2-3-6-13(12)19-15/h2-7,10H,8-9H2,1H3. The smallest absolute Gasteiger partial charge is 0.137 e. The predicted molar refractivity (Wildman–Crippen MR) is 72.9 cm³/mol. The molecule has 0 atom stereocenters. The number of rotatable bonds is 4. The Morgan fingerprint density at radius 3 is 2.74 bits per heavy atom. The third-order valence-corrected chi connectivity index (χ3v) is 3.14. The van der Waals surface area contributed by atoms with Gasteiger partial charge in [0.25, 0.3) is 0 Å². The van der Waals surface area contributed by atoms with Crippen molar-refractivity contribution in [2.24, 2.45) is 0 Å². The molecule has 3 nitrogen and oxygen atoms in total. The number of para-hydroxylation sites is 1. The lowest BCUT2D eigenvalue weighted by molar-refractivity contribution is -0.117. The maximum atomic E-state index is 11.2. The van der Waals surface area contributed by atoms with E-state index in [-0.39, 0.29) is 5.78 Å². The number of hydrogen-bond donors (Lipinski definition) is 0. The zero-order chi connectivity index (χ0) is 13.2. The number of Topliss-reactive ketones (excluding diaryl/α,β-unsaturated/α-hetero) is 1. The molecule has 0 saturated heterocycles. The molecule has 0 radical (unpaired) electrons. The van der Waals surface area contributed by atoms with E-state index in [0.717, 1.165) is 28.1 Å². The molecule has 1 aromatic carbocycles. The molecule has 0 amide bonds. The second-order valence-electron chi connectivity index (χ2n) is 4.58. The van der Waals surface area contributed by atoms with Crippen molar-refractivity contribution >= 4 is 16.8 Å². The Morgan fingerprint density at radius 1 is 1.16 bits per heavy atom. The zero-order valence-corrected chi connectivity index (χ0v) is 10.7. The highest BCUT2D eigenvalue weighted by molar-refractivity contribution is 5.94. The lowest BCUT2D eigenvalue weighted by Crippen LogP contribution is -1.93. The topological polar surface area (TPSA) is 43.4 Å². The average Bonchev–Trinajstić information content (AvgIpc) is 3.02. The summed E-state index contributed by atoms with van der Waals surface area (Å²) in [5.41, 5.74) is 1.79. The van der Waals surface area contributed by atoms with Crippen LogP contribution in [0.15, 0.2) is 51.5 Å². The van der Waals surface area contributed by atoms with Crippen LogP contribution < -0.4 is 0 Å². The molecule has 0 aliphatic heterocycles. The molecule has 2 heterocycles. The van der Waals surface area contributed by atoms with E-state index in [1.165, 1.54) is 0 Å². The molecule has 0 fully saturated rings. The fraction of sp³-hybridized carbons (Fsp3) is 0.188. The van der Waals surface area contributed by atoms with Gasteiger partial charge in [0, 0.05) is 18.2 Å². The largest absolute Gasteiger partial charge is 0.464 e. The Bertz CT molecular complexity index is 705. The minimum absolute atomic E-state index is 0.158. The predicted octanol–water partition coefficient (Wildman–Crippen LogP) is 4.21. The second kappa shape index (κ2) is 4.76. The summed E-state index contributed by atoms with van der Waals surface area (Å²) in [4.78, 5) is 11.2. The number of hydrogen-bond acceptors (Lipinski definition) is 3. The number of aryl methyl sites for hydroxylation is 1. The summed E-state index contributed by atoms with van der Waals surface area (Å²) in [7, 11) is 0. The van der Waals surface area contributed by atoms with Gasteiger partial charge in [-0.05, 0) is 25.1 Å². The molecule has 2 aromatic heterocycles. The first-order chi connectivity index (χ1) is 9.25. The summed E-state index contributed by atoms with van der Waals surface area (Å²) < 4.78 is 11.3. The number of ketones is 1. The van der Waals surface area contributed by atoms with Crippen LogP contribution in [0.2, 0.25) is 0 Å². The van der Waals surface area contributed by atoms with Crippen molar-refractivity contribution in [3.8, 4) is 11.3 Å². The van der Waals surface area contributed by atoms with Gasteiger partial charge in [-0.3, -0.25) is 0 Å². The molecular formula is C16H14O3. The van der Waals surface area contributed by atoms with Crippen molar-refractivity contribution in [2.75, 3.05) is 0 Å². The number of benzene rings is 1. The lowest BCUT2D eigenvalue weighted by atomic mass is 10.1. The fourth-order valence-electron chi connectivity index (χ4n) is 2.25. The van der Waals surface area contributed by atoms with Crippen LogP contribution in [0.4, 0.5) is 0 Å². The quantitative estimate of drug-likeness (QED) is 0.700. The zero-order valence-electron chi connectivity index (χ0n) is 10.7. The highest BCUT2D eigenvalue weighted by Gasteiger charge is 2.17. The summed E-state index contributed by atoms with van der Waals surface area (Å²) >= 11 is 0. The van der Waals surface area contributed by atoms with E-state index >= 15 is 0 Å². The van der Waals surface area contributed by atoms with Gasteiger partial charge in [-0.1, -0.05) is 18.2 Å². The van der Waals surface area contributed by atoms with Crippen molar-refractivity contribution in [3.05, 3.63) is 48.4 Å². The number of fused-ring (bicyclic) bond motifs is 1. The summed E-state index contributed by atoms with van der Waals surface area (Å²) in [5, 5.41) is 1.02. The highest BCUT2D eigenvalue weighted by Crippen LogP contribution is 2.35. The summed E-state index contributed by atoms with van der Waals surface area (Å²) in [6.45, 7) is 1.59. The van der Waals surface area contributed by atoms with Gasteiger partial charge < -0.3 is 13.6 Å². The third kappa shape index (κ3) is 2.19. The van der Waals surface area contributed by atoms with Gasteiger partial charge in [0.15, 0.2) is 0 Å². The van der Waals surface area contributed by atoms with Crippen molar-refractivity contribution in [1.29, 1.82) is 0 Å². The molecular weight excluding hydrogens is 240 g/mol. The molecule has 3 rings (SSSR count). The van der Waals surface area contributed by atoms with Gasteiger partial charge in [-0.15, -0.1) is 0 Å². The minimum Gasteiger partial charge on any atom is -0.464 e.